The number of hydrogen-bond acceptors (Lipinski definition) is 21. The van der Waals surface area contributed by atoms with Crippen LogP contribution >= 0.6 is 45.3 Å². The van der Waals surface area contributed by atoms with E-state index in [0.717, 1.165) is 101 Å². The first kappa shape index (κ1) is 98.5. The van der Waals surface area contributed by atoms with Gasteiger partial charge in [-0.3, -0.25) is 33.0 Å². The largest absolute Gasteiger partial charge is 0.494 e. The van der Waals surface area contributed by atoms with Crippen molar-refractivity contribution in [3.05, 3.63) is 189 Å². The number of rotatable bonds is 36. The van der Waals surface area contributed by atoms with E-state index >= 15 is 0 Å². The Bertz CT molecular complexity index is 4990. The highest BCUT2D eigenvalue weighted by Gasteiger charge is 2.60. The second-order valence-electron chi connectivity index (χ2n) is 31.2. The van der Waals surface area contributed by atoms with Gasteiger partial charge in [-0.1, -0.05) is 60.2 Å². The Morgan fingerprint density at radius 2 is 0.839 bits per heavy atom. The maximum atomic E-state index is 14.9. The van der Waals surface area contributed by atoms with E-state index < -0.39 is 136 Å². The molecule has 3 aromatic carbocycles. The number of nitrogens with one attached hydrogen (secondary N) is 3. The fourth-order valence-electron chi connectivity index (χ4n) is 12.3. The monoisotopic (exact) mass is 1850 g/mol. The first-order chi connectivity index (χ1) is 58.2. The number of carbonyl (C=O) groups excluding carboxylic acids is 5. The molecule has 4 aliphatic carbocycles. The second kappa shape index (κ2) is 42.3. The van der Waals surface area contributed by atoms with Gasteiger partial charge in [-0.2, -0.15) is 76.3 Å². The number of tetrazole rings is 2. The fourth-order valence-corrected chi connectivity index (χ4v) is 18.0. The number of aromatic nitrogens is 8. The number of ether oxygens (including phenoxy) is 3. The summed E-state index contributed by atoms with van der Waals surface area (Å²) >= 11 is 5.28. The molecule has 1 amide bonds. The highest BCUT2D eigenvalue weighted by atomic mass is 32.2. The third-order valence-corrected chi connectivity index (χ3v) is 27.2. The minimum Gasteiger partial charge on any atom is -0.494 e. The van der Waals surface area contributed by atoms with Crippen molar-refractivity contribution in [3.63, 3.8) is 0 Å². The number of benzene rings is 3. The average molecular weight is 1850 g/mol. The molecule has 0 aliphatic heterocycles. The molecule has 6 N–H and O–H groups in total. The van der Waals surface area contributed by atoms with Crippen molar-refractivity contribution >= 4 is 91.2 Å². The summed E-state index contributed by atoms with van der Waals surface area (Å²) in [6.07, 6.45) is -19.2. The summed E-state index contributed by atoms with van der Waals surface area (Å²) < 4.78 is 232. The number of Topliss-reactive ketones (excluding diaryl/α,β-unsaturated/α-hetero) is 4. The fraction of sp³-hybridized carbons (Fsp3) is 0.494. The van der Waals surface area contributed by atoms with E-state index in [1.807, 2.05) is 13.0 Å². The summed E-state index contributed by atoms with van der Waals surface area (Å²) in [4.78, 5) is 78.5. The number of carboxylic acid groups (broad SMARTS) is 1. The van der Waals surface area contributed by atoms with Crippen LogP contribution in [0, 0.1) is 0 Å². The van der Waals surface area contributed by atoms with E-state index in [4.69, 9.17) is 25.1 Å². The number of nitrogens with two attached hydrogens (primary N) is 1. The number of hydrogen-bond donors (Lipinski definition) is 5. The average Bonchev–Trinajstić information content (AvgIpc) is 0.938. The van der Waals surface area contributed by atoms with Crippen LogP contribution in [0.4, 0.5) is 65.9 Å². The number of carbonyl (C=O) groups is 6. The molecular weight excluding hydrogens is 1760 g/mol. The zero-order valence-corrected chi connectivity index (χ0v) is 71.7. The van der Waals surface area contributed by atoms with E-state index in [-0.39, 0.29) is 92.7 Å². The number of ketones is 4. The molecule has 124 heavy (non-hydrogen) atoms. The summed E-state index contributed by atoms with van der Waals surface area (Å²) in [6.45, 7) is 8.30. The zero-order valence-electron chi connectivity index (χ0n) is 67.6. The lowest BCUT2D eigenvalue weighted by Crippen LogP contribution is -2.57. The minimum absolute atomic E-state index is 0.0677. The highest BCUT2D eigenvalue weighted by Crippen LogP contribution is 2.52. The maximum absolute atomic E-state index is 14.9. The number of aromatic amines is 2. The molecule has 0 saturated heterocycles. The van der Waals surface area contributed by atoms with Gasteiger partial charge in [-0.25, -0.2) is 0 Å². The number of H-pyrrole nitrogens is 2. The van der Waals surface area contributed by atoms with Gasteiger partial charge in [-0.15, -0.1) is 65.7 Å². The highest BCUT2D eigenvalue weighted by molar-refractivity contribution is 7.86. The van der Waals surface area contributed by atoms with Crippen LogP contribution in [0.5, 0.6) is 17.2 Å². The molecule has 4 saturated carbocycles. The summed E-state index contributed by atoms with van der Waals surface area (Å²) in [6, 6.07) is 28.7. The maximum Gasteiger partial charge on any atom is 0.416 e. The van der Waals surface area contributed by atoms with Crippen LogP contribution < -0.4 is 25.3 Å². The molecule has 9 aromatic rings. The van der Waals surface area contributed by atoms with E-state index in [0.29, 0.717) is 30.1 Å². The lowest BCUT2D eigenvalue weighted by Gasteiger charge is -2.37. The van der Waals surface area contributed by atoms with Gasteiger partial charge in [0.05, 0.1) is 45.8 Å². The molecule has 41 heteroatoms. The van der Waals surface area contributed by atoms with Gasteiger partial charge in [0, 0.05) is 72.9 Å². The van der Waals surface area contributed by atoms with Crippen LogP contribution in [-0.4, -0.2) is 147 Å². The summed E-state index contributed by atoms with van der Waals surface area (Å²) in [5, 5.41) is 35.2. The van der Waals surface area contributed by atoms with Crippen molar-refractivity contribution in [2.45, 2.75) is 232 Å². The van der Waals surface area contributed by atoms with Gasteiger partial charge in [0.2, 0.25) is 5.91 Å². The number of alkyl halides is 15. The molecule has 4 aliphatic rings. The molecule has 6 heterocycles. The number of unbranched alkanes of at least 4 members (excludes halogenated alkanes) is 1. The molecule has 0 spiro atoms. The number of aliphatic carboxylic acids is 1. The Morgan fingerprint density at radius 1 is 0.476 bits per heavy atom. The predicted molar refractivity (Wildman–Crippen MR) is 435 cm³/mol. The Morgan fingerprint density at radius 3 is 1.17 bits per heavy atom. The smallest absolute Gasteiger partial charge is 0.416 e. The standard InChI is InChI=1S/C26H30F6O3S2.C24H26F3N5O3S.C21H21F6NO2S.C9H10OS.C3H4N4O2/c1-23(2,3)37(34)16-24(26(30,31)32,15-20(33)22-12-11-21(36-22)17-5-6-17)18-7-9-19(10-8-18)35-14-4-13-25(27,28)29;1-2-3-12-35-17-8-6-16(7-9-17)23(24(25,26)27,28-22(34)13-21-29-31-32-30-21)14-18(33)20-11-10-19(36-20)15-4-5-15;22-20(23,24)10-1-11-30-15-6-4-14(5-7-15)19(28,21(25,26)27)12-16(29)18-9-8-17(31-18)13-2-3-13;1-6(10)8-4-5-9(11-8)7-2-3-7;8-3(9)1-2-4-6-7-5-2/h7-12,17H,4-6,13-16H2,1-3H3;6-11,15H,2-5,12-14H2,1H3,(H,28,34)(H,29,30,31,32);4-9,13H,1-3,10-12,28H2;4-5,7H,2-3H2,1H3;1H2,(H,8,9)(H,4,5,6,7)/t24-,37?;23-;19-;;/m000../s1. The number of amides is 1. The Kier molecular flexibility index (Phi) is 33.6. The van der Waals surface area contributed by atoms with E-state index in [1.54, 1.807) is 69.4 Å². The van der Waals surface area contributed by atoms with Gasteiger partial charge in [0.15, 0.2) is 40.3 Å². The van der Waals surface area contributed by atoms with Gasteiger partial charge >= 0.3 is 36.9 Å². The van der Waals surface area contributed by atoms with E-state index in [2.05, 4.69) is 52.6 Å². The zero-order chi connectivity index (χ0) is 90.8. The lowest BCUT2D eigenvalue weighted by atomic mass is 9.77. The number of nitrogens with zero attached hydrogens (tertiary/aromatic N) is 6. The van der Waals surface area contributed by atoms with Gasteiger partial charge in [-0.05, 0) is 224 Å². The third-order valence-electron chi connectivity index (χ3n) is 19.9. The van der Waals surface area contributed by atoms with Crippen LogP contribution in [-0.2, 0) is 49.7 Å². The van der Waals surface area contributed by atoms with Gasteiger partial charge in [0.25, 0.3) is 0 Å². The first-order valence-corrected chi connectivity index (χ1v) is 43.9. The van der Waals surface area contributed by atoms with Crippen molar-refractivity contribution < 1.29 is 118 Å². The van der Waals surface area contributed by atoms with Crippen molar-refractivity contribution in [3.8, 4) is 17.2 Å². The van der Waals surface area contributed by atoms with Crippen molar-refractivity contribution in [1.82, 2.24) is 46.6 Å². The predicted octanol–water partition coefficient (Wildman–Crippen LogP) is 20.7. The van der Waals surface area contributed by atoms with Crippen molar-refractivity contribution in [1.29, 1.82) is 0 Å². The van der Waals surface area contributed by atoms with Crippen molar-refractivity contribution in [2.24, 2.45) is 5.73 Å². The second-order valence-corrected chi connectivity index (χ2v) is 37.8. The van der Waals surface area contributed by atoms with Gasteiger partial charge in [0.1, 0.15) is 34.6 Å². The summed E-state index contributed by atoms with van der Waals surface area (Å²) in [5.74, 6) is -1.96. The summed E-state index contributed by atoms with van der Waals surface area (Å²) in [7, 11) is -1.95. The topological polar surface area (TPSA) is 314 Å². The molecule has 4 fully saturated rings. The molecule has 6 aromatic heterocycles. The van der Waals surface area contributed by atoms with Crippen molar-refractivity contribution in [2.75, 3.05) is 25.6 Å². The van der Waals surface area contributed by atoms with Crippen LogP contribution in [0.1, 0.15) is 254 Å². The third kappa shape index (κ3) is 29.1. The normalized spacial score (nSPS) is 16.0. The van der Waals surface area contributed by atoms with Crippen LogP contribution in [0.3, 0.4) is 0 Å². The molecule has 0 bridgehead atoms. The number of halogens is 15. The molecule has 1 unspecified atom stereocenters. The molecular formula is C83H91F15N10O11S5. The molecule has 13 rings (SSSR count). The Hall–Kier alpha value is -9.32. The summed E-state index contributed by atoms with van der Waals surface area (Å²) in [5.41, 5.74) is -3.70. The van der Waals surface area contributed by atoms with Crippen LogP contribution in [0.25, 0.3) is 0 Å². The minimum atomic E-state index is -4.99. The lowest BCUT2D eigenvalue weighted by molar-refractivity contribution is -0.201. The first-order valence-electron chi connectivity index (χ1n) is 39.4. The number of carboxylic acids is 1. The SMILES string of the molecule is CC(=O)c1ccc(C2CC2)s1.CC(C)(C)S(=O)C[C@@](CC(=O)c1ccc(C2CC2)s1)(c1ccc(OCCCC(F)(F)F)cc1)C(F)(F)F.CCCCOc1ccc([C@](CC(=O)c2ccc(C3CC3)s2)(NC(=O)Cc2nn[nH]n2)C(F)(F)F)cc1.N[C@@](CC(=O)c1ccc(C2CC2)s1)(c1ccc(OCCCC(F)(F)F)cc1)C(F)(F)F.O=C(O)Cc1nn[nH]n1. The molecule has 21 nitrogen and oxygen atoms in total. The quantitative estimate of drug-likeness (QED) is 0.0138. The van der Waals surface area contributed by atoms with E-state index in [1.165, 1.54) is 106 Å². The van der Waals surface area contributed by atoms with E-state index in [9.17, 15) is 98.8 Å². The Balaban J connectivity index is 0.000000189. The molecule has 674 valence electrons. The molecule has 4 atom stereocenters. The number of thiophene rings is 4. The Labute approximate surface area is 721 Å². The van der Waals surface area contributed by atoms with Crippen LogP contribution in [0.2, 0.25) is 0 Å². The van der Waals surface area contributed by atoms with Gasteiger partial charge < -0.3 is 30.4 Å². The van der Waals surface area contributed by atoms with Crippen LogP contribution in [0.15, 0.2) is 121 Å². The molecule has 0 radical (unpaired) electrons.